The SMILES string of the molecule is Oc1ccc(C=CC=Cc2ccc(O)cc2O)cc1. The molecular formula is C16H14O3. The molecule has 2 aromatic carbocycles. The second-order valence-electron chi connectivity index (χ2n) is 4.05. The Morgan fingerprint density at radius 3 is 2.00 bits per heavy atom. The number of aromatic hydroxyl groups is 3. The van der Waals surface area contributed by atoms with Crippen molar-refractivity contribution in [3.05, 3.63) is 65.7 Å². The van der Waals surface area contributed by atoms with Crippen LogP contribution in [0.15, 0.2) is 54.6 Å². The lowest BCUT2D eigenvalue weighted by Crippen LogP contribution is -1.73. The van der Waals surface area contributed by atoms with Gasteiger partial charge >= 0.3 is 0 Å². The minimum Gasteiger partial charge on any atom is -0.508 e. The third-order valence-corrected chi connectivity index (χ3v) is 2.58. The summed E-state index contributed by atoms with van der Waals surface area (Å²) < 4.78 is 0. The molecule has 0 aliphatic carbocycles. The van der Waals surface area contributed by atoms with Crippen molar-refractivity contribution < 1.29 is 15.3 Å². The van der Waals surface area contributed by atoms with E-state index >= 15 is 0 Å². The molecule has 0 amide bonds. The fourth-order valence-electron chi connectivity index (χ4n) is 1.58. The lowest BCUT2D eigenvalue weighted by molar-refractivity contribution is 0.450. The lowest BCUT2D eigenvalue weighted by Gasteiger charge is -1.98. The maximum atomic E-state index is 9.58. The van der Waals surface area contributed by atoms with Crippen LogP contribution in [0.1, 0.15) is 11.1 Å². The van der Waals surface area contributed by atoms with Crippen molar-refractivity contribution in [3.8, 4) is 17.2 Å². The molecule has 0 aliphatic heterocycles. The van der Waals surface area contributed by atoms with Gasteiger partial charge in [-0.3, -0.25) is 0 Å². The van der Waals surface area contributed by atoms with E-state index < -0.39 is 0 Å². The summed E-state index contributed by atoms with van der Waals surface area (Å²) in [6.07, 6.45) is 7.25. The van der Waals surface area contributed by atoms with Gasteiger partial charge in [0.2, 0.25) is 0 Å². The van der Waals surface area contributed by atoms with Gasteiger partial charge in [0.05, 0.1) is 0 Å². The fourth-order valence-corrected chi connectivity index (χ4v) is 1.58. The van der Waals surface area contributed by atoms with Gasteiger partial charge in [0.25, 0.3) is 0 Å². The fraction of sp³-hybridized carbons (Fsp3) is 0. The summed E-state index contributed by atoms with van der Waals surface area (Å²) in [5.74, 6) is 0.310. The molecule has 3 heteroatoms. The third-order valence-electron chi connectivity index (χ3n) is 2.58. The number of benzene rings is 2. The van der Waals surface area contributed by atoms with Crippen LogP contribution in [0, 0.1) is 0 Å². The zero-order valence-corrected chi connectivity index (χ0v) is 10.2. The summed E-state index contributed by atoms with van der Waals surface area (Å²) in [5.41, 5.74) is 1.60. The van der Waals surface area contributed by atoms with E-state index in [9.17, 15) is 5.11 Å². The highest BCUT2D eigenvalue weighted by molar-refractivity contribution is 5.62. The largest absolute Gasteiger partial charge is 0.508 e. The number of allylic oxidation sites excluding steroid dienone is 2. The summed E-state index contributed by atoms with van der Waals surface area (Å²) in [5, 5.41) is 27.9. The number of phenolic OH excluding ortho intramolecular Hbond substituents is 3. The van der Waals surface area contributed by atoms with E-state index in [1.807, 2.05) is 12.2 Å². The van der Waals surface area contributed by atoms with Gasteiger partial charge in [0, 0.05) is 11.6 Å². The second kappa shape index (κ2) is 5.78. The number of hydrogen-bond donors (Lipinski definition) is 3. The zero-order valence-electron chi connectivity index (χ0n) is 10.2. The van der Waals surface area contributed by atoms with Crippen LogP contribution in [0.2, 0.25) is 0 Å². The highest BCUT2D eigenvalue weighted by Crippen LogP contribution is 2.23. The standard InChI is InChI=1S/C16H14O3/c17-14-8-5-12(6-9-14)3-1-2-4-13-7-10-15(18)11-16(13)19/h1-11,17-19H. The van der Waals surface area contributed by atoms with Crippen LogP contribution in [-0.4, -0.2) is 15.3 Å². The molecule has 0 aromatic heterocycles. The molecule has 0 fully saturated rings. The average molecular weight is 254 g/mol. The van der Waals surface area contributed by atoms with Gasteiger partial charge in [-0.15, -0.1) is 0 Å². The first-order chi connectivity index (χ1) is 9.15. The third kappa shape index (κ3) is 3.64. The van der Waals surface area contributed by atoms with Crippen molar-refractivity contribution in [3.63, 3.8) is 0 Å². The van der Waals surface area contributed by atoms with Crippen LogP contribution in [0.5, 0.6) is 17.2 Å². The molecule has 3 nitrogen and oxygen atoms in total. The molecule has 3 N–H and O–H groups in total. The quantitative estimate of drug-likeness (QED) is 0.734. The zero-order chi connectivity index (χ0) is 13.7. The molecule has 0 saturated heterocycles. The van der Waals surface area contributed by atoms with E-state index in [0.717, 1.165) is 5.56 Å². The Morgan fingerprint density at radius 1 is 0.684 bits per heavy atom. The molecule has 19 heavy (non-hydrogen) atoms. The molecule has 0 atom stereocenters. The monoisotopic (exact) mass is 254 g/mol. The highest BCUT2D eigenvalue weighted by atomic mass is 16.3. The molecule has 2 rings (SSSR count). The molecule has 0 spiro atoms. The molecule has 0 saturated carbocycles. The van der Waals surface area contributed by atoms with Gasteiger partial charge in [-0.25, -0.2) is 0 Å². The second-order valence-corrected chi connectivity index (χ2v) is 4.05. The Morgan fingerprint density at radius 2 is 1.32 bits per heavy atom. The topological polar surface area (TPSA) is 60.7 Å². The van der Waals surface area contributed by atoms with Crippen LogP contribution in [0.25, 0.3) is 12.2 Å². The van der Waals surface area contributed by atoms with Gasteiger partial charge in [-0.05, 0) is 29.8 Å². The van der Waals surface area contributed by atoms with Crippen LogP contribution in [0.4, 0.5) is 0 Å². The maximum Gasteiger partial charge on any atom is 0.126 e. The molecular weight excluding hydrogens is 240 g/mol. The Bertz CT molecular complexity index is 610. The highest BCUT2D eigenvalue weighted by Gasteiger charge is 1.97. The molecule has 0 unspecified atom stereocenters. The van der Waals surface area contributed by atoms with Crippen molar-refractivity contribution >= 4 is 12.2 Å². The summed E-state index contributed by atoms with van der Waals surface area (Å²) in [4.78, 5) is 0. The maximum absolute atomic E-state index is 9.58. The van der Waals surface area contributed by atoms with E-state index in [1.54, 1.807) is 42.5 Å². The molecule has 0 bridgehead atoms. The predicted molar refractivity (Wildman–Crippen MR) is 75.9 cm³/mol. The van der Waals surface area contributed by atoms with Gasteiger partial charge < -0.3 is 15.3 Å². The van der Waals surface area contributed by atoms with Crippen LogP contribution < -0.4 is 0 Å². The van der Waals surface area contributed by atoms with Crippen molar-refractivity contribution in [1.29, 1.82) is 0 Å². The minimum atomic E-state index is 0.0364. The predicted octanol–water partition coefficient (Wildman–Crippen LogP) is 3.53. The first-order valence-electron chi connectivity index (χ1n) is 5.81. The Balaban J connectivity index is 2.05. The van der Waals surface area contributed by atoms with E-state index in [2.05, 4.69) is 0 Å². The first-order valence-corrected chi connectivity index (χ1v) is 5.81. The Kier molecular flexibility index (Phi) is 3.88. The van der Waals surface area contributed by atoms with Crippen molar-refractivity contribution in [2.45, 2.75) is 0 Å². The van der Waals surface area contributed by atoms with E-state index in [4.69, 9.17) is 10.2 Å². The van der Waals surface area contributed by atoms with Crippen LogP contribution >= 0.6 is 0 Å². The van der Waals surface area contributed by atoms with Crippen LogP contribution in [0.3, 0.4) is 0 Å². The average Bonchev–Trinajstić information content (AvgIpc) is 2.39. The van der Waals surface area contributed by atoms with E-state index in [0.29, 0.717) is 5.56 Å². The molecule has 0 aliphatic rings. The number of phenols is 3. The lowest BCUT2D eigenvalue weighted by atomic mass is 10.1. The van der Waals surface area contributed by atoms with Crippen molar-refractivity contribution in [2.24, 2.45) is 0 Å². The molecule has 0 heterocycles. The van der Waals surface area contributed by atoms with Gasteiger partial charge in [0.1, 0.15) is 17.2 Å². The van der Waals surface area contributed by atoms with Crippen molar-refractivity contribution in [2.75, 3.05) is 0 Å². The van der Waals surface area contributed by atoms with E-state index in [-0.39, 0.29) is 17.2 Å². The smallest absolute Gasteiger partial charge is 0.126 e. The summed E-state index contributed by atoms with van der Waals surface area (Å²) in [6.45, 7) is 0. The summed E-state index contributed by atoms with van der Waals surface area (Å²) in [6, 6.07) is 11.3. The number of hydrogen-bond acceptors (Lipinski definition) is 3. The molecule has 96 valence electrons. The minimum absolute atomic E-state index is 0.0364. The van der Waals surface area contributed by atoms with E-state index in [1.165, 1.54) is 12.1 Å². The number of rotatable bonds is 3. The van der Waals surface area contributed by atoms with Gasteiger partial charge in [-0.1, -0.05) is 36.4 Å². The van der Waals surface area contributed by atoms with Gasteiger partial charge in [0.15, 0.2) is 0 Å². The summed E-state index contributed by atoms with van der Waals surface area (Å²) >= 11 is 0. The van der Waals surface area contributed by atoms with Crippen molar-refractivity contribution in [1.82, 2.24) is 0 Å². The Hall–Kier alpha value is -2.68. The Labute approximate surface area is 111 Å². The van der Waals surface area contributed by atoms with Crippen LogP contribution in [-0.2, 0) is 0 Å². The van der Waals surface area contributed by atoms with Gasteiger partial charge in [-0.2, -0.15) is 0 Å². The molecule has 0 radical (unpaired) electrons. The normalized spacial score (nSPS) is 11.4. The molecule has 2 aromatic rings. The first kappa shape index (κ1) is 12.8. The summed E-state index contributed by atoms with van der Waals surface area (Å²) in [7, 11) is 0.